The highest BCUT2D eigenvalue weighted by atomic mass is 16.6. The zero-order valence-electron chi connectivity index (χ0n) is 9.57. The topological polar surface area (TPSA) is 85.4 Å². The number of non-ortho nitro benzene ring substituents is 1. The highest BCUT2D eigenvalue weighted by molar-refractivity contribution is 5.81. The second-order valence-electron chi connectivity index (χ2n) is 3.90. The molecule has 1 aromatic carbocycles. The van der Waals surface area contributed by atoms with E-state index in [1.807, 2.05) is 0 Å². The molecule has 0 aliphatic heterocycles. The normalized spacial score (nSPS) is 10.7. The van der Waals surface area contributed by atoms with Crippen LogP contribution in [0.4, 0.5) is 5.69 Å². The third-order valence-electron chi connectivity index (χ3n) is 2.72. The van der Waals surface area contributed by atoms with Gasteiger partial charge in [-0.2, -0.15) is 0 Å². The molecule has 1 aromatic heterocycles. The average molecular weight is 248 g/mol. The Morgan fingerprint density at radius 1 is 1.28 bits per heavy atom. The second kappa shape index (κ2) is 4.97. The first-order valence-electron chi connectivity index (χ1n) is 5.52. The standard InChI is InChI=1S/C12H12N2O4/c15-7-1-6-13-11-4-3-10(14(17)18)8-9(11)2-5-12(13)16/h2-5,8,15H,1,6-7H2. The molecule has 0 spiro atoms. The minimum atomic E-state index is -0.470. The molecule has 0 aliphatic carbocycles. The molecule has 1 N–H and O–H groups in total. The number of nitrogens with zero attached hydrogens (tertiary/aromatic N) is 2. The summed E-state index contributed by atoms with van der Waals surface area (Å²) >= 11 is 0. The van der Waals surface area contributed by atoms with Crippen LogP contribution >= 0.6 is 0 Å². The summed E-state index contributed by atoms with van der Waals surface area (Å²) in [6.07, 6.45) is 0.468. The fourth-order valence-electron chi connectivity index (χ4n) is 1.86. The monoisotopic (exact) mass is 248 g/mol. The Morgan fingerprint density at radius 3 is 2.72 bits per heavy atom. The smallest absolute Gasteiger partial charge is 0.270 e. The van der Waals surface area contributed by atoms with Gasteiger partial charge in [0.05, 0.1) is 10.4 Å². The van der Waals surface area contributed by atoms with Crippen molar-refractivity contribution in [2.24, 2.45) is 0 Å². The Kier molecular flexibility index (Phi) is 3.38. The van der Waals surface area contributed by atoms with E-state index in [2.05, 4.69) is 0 Å². The second-order valence-corrected chi connectivity index (χ2v) is 3.90. The number of benzene rings is 1. The first-order chi connectivity index (χ1) is 8.63. The maximum Gasteiger partial charge on any atom is 0.270 e. The molecule has 0 radical (unpaired) electrons. The van der Waals surface area contributed by atoms with E-state index in [0.29, 0.717) is 23.9 Å². The summed E-state index contributed by atoms with van der Waals surface area (Å²) in [5.74, 6) is 0. The molecule has 1 heterocycles. The molecule has 18 heavy (non-hydrogen) atoms. The Bertz CT molecular complexity index is 648. The van der Waals surface area contributed by atoms with Crippen molar-refractivity contribution in [2.45, 2.75) is 13.0 Å². The van der Waals surface area contributed by atoms with Crippen LogP contribution in [-0.2, 0) is 6.54 Å². The van der Waals surface area contributed by atoms with Crippen LogP contribution in [0.25, 0.3) is 10.9 Å². The van der Waals surface area contributed by atoms with Gasteiger partial charge in [0.2, 0.25) is 0 Å². The van der Waals surface area contributed by atoms with Crippen molar-refractivity contribution in [3.8, 4) is 0 Å². The van der Waals surface area contributed by atoms with E-state index < -0.39 is 4.92 Å². The van der Waals surface area contributed by atoms with Gasteiger partial charge in [0.25, 0.3) is 11.2 Å². The lowest BCUT2D eigenvalue weighted by Crippen LogP contribution is -2.19. The van der Waals surface area contributed by atoms with Crippen molar-refractivity contribution in [1.29, 1.82) is 0 Å². The highest BCUT2D eigenvalue weighted by Gasteiger charge is 2.09. The van der Waals surface area contributed by atoms with Gasteiger partial charge in [-0.15, -0.1) is 0 Å². The minimum Gasteiger partial charge on any atom is -0.396 e. The average Bonchev–Trinajstić information content (AvgIpc) is 2.37. The summed E-state index contributed by atoms with van der Waals surface area (Å²) in [5.41, 5.74) is 0.459. The molecule has 6 heteroatoms. The zero-order chi connectivity index (χ0) is 13.1. The SMILES string of the molecule is O=c1ccc2cc([N+](=O)[O-])ccc2n1CCCO. The molecule has 2 rings (SSSR count). The molecule has 0 aliphatic rings. The molecular formula is C12H12N2O4. The minimum absolute atomic E-state index is 0.00416. The molecule has 0 fully saturated rings. The predicted molar refractivity (Wildman–Crippen MR) is 66.6 cm³/mol. The fourth-order valence-corrected chi connectivity index (χ4v) is 1.86. The number of hydrogen-bond donors (Lipinski definition) is 1. The Hall–Kier alpha value is -2.21. The lowest BCUT2D eigenvalue weighted by molar-refractivity contribution is -0.384. The molecule has 0 bridgehead atoms. The number of aryl methyl sites for hydroxylation is 1. The summed E-state index contributed by atoms with van der Waals surface area (Å²) in [7, 11) is 0. The molecular weight excluding hydrogens is 236 g/mol. The van der Waals surface area contributed by atoms with E-state index in [9.17, 15) is 14.9 Å². The van der Waals surface area contributed by atoms with Crippen molar-refractivity contribution in [3.63, 3.8) is 0 Å². The molecule has 0 unspecified atom stereocenters. The highest BCUT2D eigenvalue weighted by Crippen LogP contribution is 2.19. The van der Waals surface area contributed by atoms with E-state index in [-0.39, 0.29) is 17.9 Å². The van der Waals surface area contributed by atoms with Crippen LogP contribution in [0.15, 0.2) is 35.1 Å². The fraction of sp³-hybridized carbons (Fsp3) is 0.250. The van der Waals surface area contributed by atoms with Gasteiger partial charge < -0.3 is 9.67 Å². The number of pyridine rings is 1. The molecule has 6 nitrogen and oxygen atoms in total. The van der Waals surface area contributed by atoms with E-state index in [4.69, 9.17) is 5.11 Å². The maximum absolute atomic E-state index is 11.7. The van der Waals surface area contributed by atoms with Crippen LogP contribution in [0.3, 0.4) is 0 Å². The van der Waals surface area contributed by atoms with Crippen molar-refractivity contribution in [3.05, 3.63) is 50.8 Å². The number of hydrogen-bond acceptors (Lipinski definition) is 4. The first kappa shape index (κ1) is 12.3. The molecule has 0 amide bonds. The van der Waals surface area contributed by atoms with Gasteiger partial charge in [-0.05, 0) is 18.6 Å². The summed E-state index contributed by atoms with van der Waals surface area (Å²) in [4.78, 5) is 21.9. The predicted octanol–water partition coefficient (Wildman–Crippen LogP) is 1.29. The molecule has 0 atom stereocenters. The number of nitro benzene ring substituents is 1. The van der Waals surface area contributed by atoms with Crippen LogP contribution in [0.1, 0.15) is 6.42 Å². The largest absolute Gasteiger partial charge is 0.396 e. The Balaban J connectivity index is 2.59. The summed E-state index contributed by atoms with van der Waals surface area (Å²) in [5, 5.41) is 20.1. The quantitative estimate of drug-likeness (QED) is 0.652. The molecule has 0 saturated carbocycles. The lowest BCUT2D eigenvalue weighted by atomic mass is 10.2. The van der Waals surface area contributed by atoms with Gasteiger partial charge in [0.15, 0.2) is 0 Å². The van der Waals surface area contributed by atoms with Crippen molar-refractivity contribution >= 4 is 16.6 Å². The van der Waals surface area contributed by atoms with Crippen LogP contribution in [0.5, 0.6) is 0 Å². The van der Waals surface area contributed by atoms with Crippen molar-refractivity contribution in [2.75, 3.05) is 6.61 Å². The number of aliphatic hydroxyl groups excluding tert-OH is 1. The maximum atomic E-state index is 11.7. The zero-order valence-corrected chi connectivity index (χ0v) is 9.57. The Labute approximate surface area is 102 Å². The first-order valence-corrected chi connectivity index (χ1v) is 5.52. The summed E-state index contributed by atoms with van der Waals surface area (Å²) in [6, 6.07) is 7.32. The lowest BCUT2D eigenvalue weighted by Gasteiger charge is -2.08. The summed E-state index contributed by atoms with van der Waals surface area (Å²) < 4.78 is 1.51. The Morgan fingerprint density at radius 2 is 2.06 bits per heavy atom. The van der Waals surface area contributed by atoms with E-state index in [1.54, 1.807) is 12.1 Å². The van der Waals surface area contributed by atoms with Gasteiger partial charge in [0.1, 0.15) is 0 Å². The van der Waals surface area contributed by atoms with Crippen molar-refractivity contribution in [1.82, 2.24) is 4.57 Å². The molecule has 94 valence electrons. The van der Waals surface area contributed by atoms with Crippen LogP contribution in [-0.4, -0.2) is 21.2 Å². The van der Waals surface area contributed by atoms with Crippen LogP contribution in [0.2, 0.25) is 0 Å². The van der Waals surface area contributed by atoms with Gasteiger partial charge in [-0.25, -0.2) is 0 Å². The van der Waals surface area contributed by atoms with Crippen LogP contribution < -0.4 is 5.56 Å². The third-order valence-corrected chi connectivity index (χ3v) is 2.72. The number of rotatable bonds is 4. The van der Waals surface area contributed by atoms with Gasteiger partial charge in [0, 0.05) is 36.7 Å². The van der Waals surface area contributed by atoms with Gasteiger partial charge in [-0.3, -0.25) is 14.9 Å². The van der Waals surface area contributed by atoms with E-state index >= 15 is 0 Å². The number of nitro groups is 1. The third kappa shape index (κ3) is 2.23. The number of aliphatic hydroxyl groups is 1. The van der Waals surface area contributed by atoms with Gasteiger partial charge in [-0.1, -0.05) is 0 Å². The van der Waals surface area contributed by atoms with E-state index in [0.717, 1.165) is 0 Å². The molecule has 2 aromatic rings. The van der Waals surface area contributed by atoms with Crippen molar-refractivity contribution < 1.29 is 10.0 Å². The van der Waals surface area contributed by atoms with E-state index in [1.165, 1.54) is 22.8 Å². The van der Waals surface area contributed by atoms with Crippen LogP contribution in [0, 0.1) is 10.1 Å². The summed E-state index contributed by atoms with van der Waals surface area (Å²) in [6.45, 7) is 0.389. The molecule has 0 saturated heterocycles. The number of aromatic nitrogens is 1. The number of fused-ring (bicyclic) bond motifs is 1. The van der Waals surface area contributed by atoms with Gasteiger partial charge >= 0.3 is 0 Å².